The van der Waals surface area contributed by atoms with E-state index in [2.05, 4.69) is 26.1 Å². The Bertz CT molecular complexity index is 241. The van der Waals surface area contributed by atoms with Crippen molar-refractivity contribution in [3.05, 3.63) is 11.8 Å². The molecule has 4 nitrogen and oxygen atoms in total. The van der Waals surface area contributed by atoms with Crippen LogP contribution >= 0.6 is 0 Å². The molecule has 0 rings (SSSR count). The van der Waals surface area contributed by atoms with Gasteiger partial charge in [0.2, 0.25) is 0 Å². The van der Waals surface area contributed by atoms with Crippen molar-refractivity contribution in [2.24, 2.45) is 5.41 Å². The highest BCUT2D eigenvalue weighted by atomic mass is 16.3. The van der Waals surface area contributed by atoms with Crippen LogP contribution in [0.2, 0.25) is 0 Å². The van der Waals surface area contributed by atoms with Gasteiger partial charge < -0.3 is 15.3 Å². The van der Waals surface area contributed by atoms with E-state index in [1.54, 1.807) is 13.2 Å². The van der Waals surface area contributed by atoms with Crippen LogP contribution in [-0.2, 0) is 0 Å². The fourth-order valence-corrected chi connectivity index (χ4v) is 0.748. The molecule has 4 heteroatoms. The lowest BCUT2D eigenvalue weighted by Gasteiger charge is -2.20. The Kier molecular flexibility index (Phi) is 5.36. The quantitative estimate of drug-likeness (QED) is 0.749. The Morgan fingerprint density at radius 1 is 1.47 bits per heavy atom. The summed E-state index contributed by atoms with van der Waals surface area (Å²) in [5.74, 6) is 0. The molecule has 0 aliphatic carbocycles. The van der Waals surface area contributed by atoms with Gasteiger partial charge in [0, 0.05) is 19.8 Å². The van der Waals surface area contributed by atoms with Gasteiger partial charge in [-0.15, -0.1) is 0 Å². The minimum absolute atomic E-state index is 0.0219. The smallest absolute Gasteiger partial charge is 0.321 e. The van der Waals surface area contributed by atoms with Crippen LogP contribution in [0.25, 0.3) is 0 Å². The molecular formula is C11H22N2O2. The van der Waals surface area contributed by atoms with Crippen molar-refractivity contribution < 1.29 is 9.90 Å². The van der Waals surface area contributed by atoms with Crippen LogP contribution in [0.1, 0.15) is 27.7 Å². The average Bonchev–Trinajstić information content (AvgIpc) is 2.12. The molecule has 2 amide bonds. The van der Waals surface area contributed by atoms with E-state index in [-0.39, 0.29) is 18.1 Å². The number of nitrogens with zero attached hydrogens (tertiary/aromatic N) is 1. The molecule has 0 saturated carbocycles. The van der Waals surface area contributed by atoms with Gasteiger partial charge in [-0.2, -0.15) is 0 Å². The maximum absolute atomic E-state index is 11.4. The van der Waals surface area contributed by atoms with Crippen molar-refractivity contribution in [3.8, 4) is 0 Å². The van der Waals surface area contributed by atoms with Gasteiger partial charge in [-0.1, -0.05) is 26.3 Å². The lowest BCUT2D eigenvalue weighted by Crippen LogP contribution is -2.36. The Morgan fingerprint density at radius 2 is 2.00 bits per heavy atom. The zero-order valence-corrected chi connectivity index (χ0v) is 10.3. The summed E-state index contributed by atoms with van der Waals surface area (Å²) < 4.78 is 0. The van der Waals surface area contributed by atoms with Gasteiger partial charge in [0.05, 0.1) is 6.61 Å². The first kappa shape index (κ1) is 14.0. The predicted molar refractivity (Wildman–Crippen MR) is 61.5 cm³/mol. The summed E-state index contributed by atoms with van der Waals surface area (Å²) >= 11 is 0. The van der Waals surface area contributed by atoms with Crippen molar-refractivity contribution in [2.45, 2.75) is 27.7 Å². The van der Waals surface area contributed by atoms with E-state index in [1.165, 1.54) is 4.90 Å². The molecule has 0 heterocycles. The second-order valence-corrected chi connectivity index (χ2v) is 4.67. The van der Waals surface area contributed by atoms with E-state index in [0.717, 1.165) is 5.57 Å². The van der Waals surface area contributed by atoms with Crippen molar-refractivity contribution in [1.82, 2.24) is 10.2 Å². The SMILES string of the molecule is C/C(=C\NC(=O)N(C)CCO)C(C)(C)C. The number of hydrogen-bond acceptors (Lipinski definition) is 2. The monoisotopic (exact) mass is 214 g/mol. The standard InChI is InChI=1S/C11H22N2O2/c1-9(11(2,3)4)8-12-10(15)13(5)6-7-14/h8,14H,6-7H2,1-5H3,(H,12,15)/b9-8+. The Hall–Kier alpha value is -1.03. The third-order valence-corrected chi connectivity index (χ3v) is 2.38. The van der Waals surface area contributed by atoms with Crippen LogP contribution < -0.4 is 5.32 Å². The third kappa shape index (κ3) is 5.42. The number of aliphatic hydroxyl groups is 1. The van der Waals surface area contributed by atoms with Gasteiger partial charge in [0.25, 0.3) is 0 Å². The van der Waals surface area contributed by atoms with Crippen molar-refractivity contribution in [1.29, 1.82) is 0 Å². The van der Waals surface area contributed by atoms with Crippen LogP contribution in [0.5, 0.6) is 0 Å². The van der Waals surface area contributed by atoms with Gasteiger partial charge in [0.15, 0.2) is 0 Å². The van der Waals surface area contributed by atoms with Gasteiger partial charge in [-0.05, 0) is 12.3 Å². The van der Waals surface area contributed by atoms with E-state index in [9.17, 15) is 4.79 Å². The van der Waals surface area contributed by atoms with Crippen LogP contribution in [0.3, 0.4) is 0 Å². The minimum atomic E-state index is -0.201. The van der Waals surface area contributed by atoms with Crippen LogP contribution in [0.4, 0.5) is 4.79 Å². The number of carbonyl (C=O) groups excluding carboxylic acids is 1. The summed E-state index contributed by atoms with van der Waals surface area (Å²) in [5, 5.41) is 11.3. The lowest BCUT2D eigenvalue weighted by atomic mass is 9.88. The summed E-state index contributed by atoms with van der Waals surface area (Å²) in [4.78, 5) is 12.9. The summed E-state index contributed by atoms with van der Waals surface area (Å²) in [6.45, 7) is 8.56. The highest BCUT2D eigenvalue weighted by Gasteiger charge is 2.13. The fourth-order valence-electron chi connectivity index (χ4n) is 0.748. The number of likely N-dealkylation sites (N-methyl/N-ethyl adjacent to an activating group) is 1. The van der Waals surface area contributed by atoms with Crippen molar-refractivity contribution in [2.75, 3.05) is 20.2 Å². The molecule has 0 aliphatic rings. The fraction of sp³-hybridized carbons (Fsp3) is 0.727. The maximum atomic E-state index is 11.4. The van der Waals surface area contributed by atoms with E-state index < -0.39 is 0 Å². The molecular weight excluding hydrogens is 192 g/mol. The second kappa shape index (κ2) is 5.75. The number of allylic oxidation sites excluding steroid dienone is 1. The number of nitrogens with one attached hydrogen (secondary N) is 1. The van der Waals surface area contributed by atoms with E-state index in [0.29, 0.717) is 6.54 Å². The summed E-state index contributed by atoms with van der Waals surface area (Å²) in [6.07, 6.45) is 1.72. The number of aliphatic hydroxyl groups excluding tert-OH is 1. The first-order valence-electron chi connectivity index (χ1n) is 5.08. The Balaban J connectivity index is 4.21. The van der Waals surface area contributed by atoms with Crippen LogP contribution in [0, 0.1) is 5.41 Å². The molecule has 0 saturated heterocycles. The highest BCUT2D eigenvalue weighted by Crippen LogP contribution is 2.23. The molecule has 15 heavy (non-hydrogen) atoms. The van der Waals surface area contributed by atoms with Gasteiger partial charge in [-0.3, -0.25) is 0 Å². The van der Waals surface area contributed by atoms with Crippen LogP contribution in [-0.4, -0.2) is 36.2 Å². The molecule has 2 N–H and O–H groups in total. The molecule has 0 bridgehead atoms. The number of urea groups is 1. The molecule has 0 aromatic heterocycles. The largest absolute Gasteiger partial charge is 0.395 e. The van der Waals surface area contributed by atoms with Crippen molar-refractivity contribution >= 4 is 6.03 Å². The number of hydrogen-bond donors (Lipinski definition) is 2. The molecule has 0 atom stereocenters. The first-order chi connectivity index (χ1) is 6.79. The molecule has 88 valence electrons. The zero-order chi connectivity index (χ0) is 12.1. The maximum Gasteiger partial charge on any atom is 0.321 e. The molecule has 0 spiro atoms. The van der Waals surface area contributed by atoms with E-state index >= 15 is 0 Å². The molecule has 0 aromatic rings. The topological polar surface area (TPSA) is 52.6 Å². The molecule has 0 aromatic carbocycles. The van der Waals surface area contributed by atoms with Crippen LogP contribution in [0.15, 0.2) is 11.8 Å². The molecule has 0 aliphatic heterocycles. The average molecular weight is 214 g/mol. The lowest BCUT2D eigenvalue weighted by molar-refractivity contribution is 0.193. The number of rotatable bonds is 3. The summed E-state index contributed by atoms with van der Waals surface area (Å²) in [6, 6.07) is -0.201. The van der Waals surface area contributed by atoms with Gasteiger partial charge in [-0.25, -0.2) is 4.79 Å². The Morgan fingerprint density at radius 3 is 2.40 bits per heavy atom. The predicted octanol–water partition coefficient (Wildman–Crippen LogP) is 1.57. The normalized spacial score (nSPS) is 12.5. The molecule has 0 unspecified atom stereocenters. The second-order valence-electron chi connectivity index (χ2n) is 4.67. The molecule has 0 fully saturated rings. The van der Waals surface area contributed by atoms with Gasteiger partial charge >= 0.3 is 6.03 Å². The van der Waals surface area contributed by atoms with E-state index in [1.807, 2.05) is 6.92 Å². The zero-order valence-electron chi connectivity index (χ0n) is 10.3. The van der Waals surface area contributed by atoms with Gasteiger partial charge in [0.1, 0.15) is 0 Å². The number of carbonyl (C=O) groups is 1. The minimum Gasteiger partial charge on any atom is -0.395 e. The highest BCUT2D eigenvalue weighted by molar-refractivity contribution is 5.74. The summed E-state index contributed by atoms with van der Waals surface area (Å²) in [5.41, 5.74) is 1.16. The third-order valence-electron chi connectivity index (χ3n) is 2.38. The van der Waals surface area contributed by atoms with Crippen molar-refractivity contribution in [3.63, 3.8) is 0 Å². The molecule has 0 radical (unpaired) electrons. The Labute approximate surface area is 92.0 Å². The summed E-state index contributed by atoms with van der Waals surface area (Å²) in [7, 11) is 1.64. The first-order valence-corrected chi connectivity index (χ1v) is 5.08. The van der Waals surface area contributed by atoms with E-state index in [4.69, 9.17) is 5.11 Å². The number of amides is 2.